The van der Waals surface area contributed by atoms with Crippen LogP contribution in [0.2, 0.25) is 0 Å². The van der Waals surface area contributed by atoms with E-state index in [2.05, 4.69) is 47.0 Å². The lowest BCUT2D eigenvalue weighted by atomic mass is 10.1. The van der Waals surface area contributed by atoms with Crippen LogP contribution in [-0.2, 0) is 0 Å². The summed E-state index contributed by atoms with van der Waals surface area (Å²) in [5.74, 6) is 0.753. The van der Waals surface area contributed by atoms with Crippen LogP contribution in [0.25, 0.3) is 11.5 Å². The highest BCUT2D eigenvalue weighted by molar-refractivity contribution is 9.11. The van der Waals surface area contributed by atoms with E-state index in [-0.39, 0.29) is 0 Å². The fourth-order valence-electron chi connectivity index (χ4n) is 1.84. The first-order valence-corrected chi connectivity index (χ1v) is 7.69. The molecule has 0 fully saturated rings. The Balaban J connectivity index is 1.93. The Morgan fingerprint density at radius 2 is 1.90 bits per heavy atom. The Morgan fingerprint density at radius 1 is 1.14 bits per heavy atom. The molecule has 0 amide bonds. The Morgan fingerprint density at radius 3 is 2.62 bits per heavy atom. The number of nitrogens with two attached hydrogens (primary N) is 1. The fourth-order valence-corrected chi connectivity index (χ4v) is 3.00. The summed E-state index contributed by atoms with van der Waals surface area (Å²) >= 11 is 6.78. The lowest BCUT2D eigenvalue weighted by Gasteiger charge is -2.05. The maximum Gasteiger partial charge on any atom is 0.248 e. The molecule has 106 valence electrons. The summed E-state index contributed by atoms with van der Waals surface area (Å²) < 4.78 is 6.90. The van der Waals surface area contributed by atoms with Gasteiger partial charge in [-0.15, -0.1) is 0 Å². The second kappa shape index (κ2) is 6.05. The third-order valence-electron chi connectivity index (χ3n) is 2.89. The van der Waals surface area contributed by atoms with Crippen LogP contribution in [0, 0.1) is 0 Å². The molecule has 1 atom stereocenters. The Kier molecular flexibility index (Phi) is 4.14. The number of halogens is 2. The smallest absolute Gasteiger partial charge is 0.248 e. The van der Waals surface area contributed by atoms with Gasteiger partial charge in [-0.05, 0) is 43.5 Å². The van der Waals surface area contributed by atoms with Crippen LogP contribution < -0.4 is 5.73 Å². The highest BCUT2D eigenvalue weighted by Crippen LogP contribution is 2.27. The number of pyridine rings is 1. The molecule has 0 spiro atoms. The number of rotatable bonds is 3. The molecule has 3 aromatic rings. The van der Waals surface area contributed by atoms with Crippen LogP contribution in [0.4, 0.5) is 0 Å². The molecule has 0 radical (unpaired) electrons. The zero-order valence-corrected chi connectivity index (χ0v) is 13.9. The molecule has 0 saturated heterocycles. The largest absolute Gasteiger partial charge is 0.337 e. The minimum absolute atomic E-state index is 0.354. The molecule has 0 unspecified atom stereocenters. The first-order chi connectivity index (χ1) is 10.1. The van der Waals surface area contributed by atoms with Crippen molar-refractivity contribution >= 4 is 31.9 Å². The van der Waals surface area contributed by atoms with Gasteiger partial charge in [-0.3, -0.25) is 4.98 Å². The predicted octanol–water partition coefficient (Wildman–Crippen LogP) is 3.70. The van der Waals surface area contributed by atoms with Gasteiger partial charge in [0.2, 0.25) is 11.7 Å². The SMILES string of the molecule is N[C@@H](c1ccccc1)c1nc(-c2ncc(Br)cc2Br)no1. The Bertz CT molecular complexity index is 761. The van der Waals surface area contributed by atoms with E-state index in [0.29, 0.717) is 17.4 Å². The third-order valence-corrected chi connectivity index (χ3v) is 3.92. The summed E-state index contributed by atoms with van der Waals surface area (Å²) in [7, 11) is 0. The number of nitrogens with zero attached hydrogens (tertiary/aromatic N) is 3. The Labute approximate surface area is 137 Å². The van der Waals surface area contributed by atoms with E-state index in [0.717, 1.165) is 14.5 Å². The van der Waals surface area contributed by atoms with E-state index in [1.54, 1.807) is 6.20 Å². The van der Waals surface area contributed by atoms with Crippen LogP contribution >= 0.6 is 31.9 Å². The number of aromatic nitrogens is 3. The molecular formula is C14H10Br2N4O. The van der Waals surface area contributed by atoms with E-state index in [1.807, 2.05) is 36.4 Å². The van der Waals surface area contributed by atoms with Crippen LogP contribution in [-0.4, -0.2) is 15.1 Å². The zero-order valence-electron chi connectivity index (χ0n) is 10.7. The van der Waals surface area contributed by atoms with Crippen molar-refractivity contribution in [2.75, 3.05) is 0 Å². The number of hydrogen-bond acceptors (Lipinski definition) is 5. The maximum absolute atomic E-state index is 6.13. The summed E-state index contributed by atoms with van der Waals surface area (Å²) in [6.07, 6.45) is 1.67. The monoisotopic (exact) mass is 408 g/mol. The Hall–Kier alpha value is -1.57. The molecule has 0 aliphatic carbocycles. The summed E-state index contributed by atoms with van der Waals surface area (Å²) in [4.78, 5) is 8.61. The van der Waals surface area contributed by atoms with Crippen molar-refractivity contribution in [3.05, 3.63) is 63.0 Å². The van der Waals surface area contributed by atoms with E-state index < -0.39 is 6.04 Å². The van der Waals surface area contributed by atoms with Crippen LogP contribution in [0.15, 0.2) is 56.1 Å². The summed E-state index contributed by atoms with van der Waals surface area (Å²) in [6.45, 7) is 0. The zero-order chi connectivity index (χ0) is 14.8. The van der Waals surface area contributed by atoms with Crippen LogP contribution in [0.3, 0.4) is 0 Å². The summed E-state index contributed by atoms with van der Waals surface area (Å²) in [5.41, 5.74) is 7.65. The van der Waals surface area contributed by atoms with Gasteiger partial charge in [0.15, 0.2) is 0 Å². The first kappa shape index (κ1) is 14.4. The van der Waals surface area contributed by atoms with Gasteiger partial charge < -0.3 is 10.3 Å². The van der Waals surface area contributed by atoms with E-state index in [4.69, 9.17) is 10.3 Å². The molecular weight excluding hydrogens is 400 g/mol. The van der Waals surface area contributed by atoms with Crippen molar-refractivity contribution in [3.63, 3.8) is 0 Å². The van der Waals surface area contributed by atoms with Gasteiger partial charge in [0.25, 0.3) is 0 Å². The van der Waals surface area contributed by atoms with Gasteiger partial charge in [0, 0.05) is 15.1 Å². The van der Waals surface area contributed by atoms with Crippen molar-refractivity contribution in [2.24, 2.45) is 5.73 Å². The highest BCUT2D eigenvalue weighted by Gasteiger charge is 2.19. The average molecular weight is 410 g/mol. The molecule has 3 rings (SSSR count). The van der Waals surface area contributed by atoms with Gasteiger partial charge in [0.1, 0.15) is 11.7 Å². The molecule has 2 aromatic heterocycles. The van der Waals surface area contributed by atoms with Crippen molar-refractivity contribution in [1.29, 1.82) is 0 Å². The van der Waals surface area contributed by atoms with Crippen LogP contribution in [0.5, 0.6) is 0 Å². The van der Waals surface area contributed by atoms with Crippen molar-refractivity contribution in [3.8, 4) is 11.5 Å². The molecule has 1 aromatic carbocycles. The van der Waals surface area contributed by atoms with E-state index >= 15 is 0 Å². The van der Waals surface area contributed by atoms with Gasteiger partial charge in [0.05, 0.1) is 0 Å². The number of benzene rings is 1. The molecule has 0 aliphatic rings. The maximum atomic E-state index is 6.13. The number of hydrogen-bond donors (Lipinski definition) is 1. The average Bonchev–Trinajstić information content (AvgIpc) is 2.97. The second-order valence-electron chi connectivity index (χ2n) is 4.33. The van der Waals surface area contributed by atoms with Gasteiger partial charge in [-0.1, -0.05) is 35.5 Å². The molecule has 5 nitrogen and oxygen atoms in total. The molecule has 7 heteroatoms. The van der Waals surface area contributed by atoms with Crippen molar-refractivity contribution in [2.45, 2.75) is 6.04 Å². The van der Waals surface area contributed by atoms with Crippen LogP contribution in [0.1, 0.15) is 17.5 Å². The normalized spacial score (nSPS) is 12.3. The third kappa shape index (κ3) is 3.04. The molecule has 2 N–H and O–H groups in total. The summed E-state index contributed by atoms with van der Waals surface area (Å²) in [5, 5.41) is 3.95. The highest BCUT2D eigenvalue weighted by atomic mass is 79.9. The molecule has 0 aliphatic heterocycles. The lowest BCUT2D eigenvalue weighted by molar-refractivity contribution is 0.367. The van der Waals surface area contributed by atoms with E-state index in [9.17, 15) is 0 Å². The predicted molar refractivity (Wildman–Crippen MR) is 85.4 cm³/mol. The van der Waals surface area contributed by atoms with Gasteiger partial charge >= 0.3 is 0 Å². The molecule has 21 heavy (non-hydrogen) atoms. The molecule has 0 bridgehead atoms. The van der Waals surface area contributed by atoms with Crippen molar-refractivity contribution in [1.82, 2.24) is 15.1 Å². The lowest BCUT2D eigenvalue weighted by Crippen LogP contribution is -2.12. The van der Waals surface area contributed by atoms with Gasteiger partial charge in [-0.2, -0.15) is 4.98 Å². The standard InChI is InChI=1S/C14H10Br2N4O/c15-9-6-10(16)12(18-7-9)13-19-14(21-20-13)11(17)8-4-2-1-3-5-8/h1-7,11H,17H2/t11-/m0/s1. The minimum Gasteiger partial charge on any atom is -0.337 e. The van der Waals surface area contributed by atoms with Gasteiger partial charge in [-0.25, -0.2) is 0 Å². The summed E-state index contributed by atoms with van der Waals surface area (Å²) in [6, 6.07) is 11.0. The molecule has 0 saturated carbocycles. The van der Waals surface area contributed by atoms with Crippen molar-refractivity contribution < 1.29 is 4.52 Å². The minimum atomic E-state index is -0.457. The van der Waals surface area contributed by atoms with E-state index in [1.165, 1.54) is 0 Å². The second-order valence-corrected chi connectivity index (χ2v) is 6.10. The topological polar surface area (TPSA) is 77.8 Å². The fraction of sp³-hybridized carbons (Fsp3) is 0.0714. The first-order valence-electron chi connectivity index (χ1n) is 6.10. The quantitative estimate of drug-likeness (QED) is 0.713. The molecule has 2 heterocycles.